The Bertz CT molecular complexity index is 316. The first-order valence-corrected chi connectivity index (χ1v) is 6.70. The largest absolute Gasteiger partial charge is 0.390 e. The molecule has 0 aliphatic rings. The lowest BCUT2D eigenvalue weighted by molar-refractivity contribution is 0.0682. The van der Waals surface area contributed by atoms with Crippen LogP contribution in [-0.4, -0.2) is 10.7 Å². The summed E-state index contributed by atoms with van der Waals surface area (Å²) < 4.78 is 0. The first kappa shape index (κ1) is 14.2. The van der Waals surface area contributed by atoms with Crippen molar-refractivity contribution in [1.29, 1.82) is 0 Å². The molecule has 1 aromatic rings. The molecule has 0 heterocycles. The van der Waals surface area contributed by atoms with Gasteiger partial charge in [-0.25, -0.2) is 0 Å². The number of aliphatic hydroxyl groups is 1. The Hall–Kier alpha value is -0.820. The second-order valence-electron chi connectivity index (χ2n) is 5.92. The molecule has 0 radical (unpaired) electrons. The van der Waals surface area contributed by atoms with Gasteiger partial charge in [0.05, 0.1) is 5.60 Å². The van der Waals surface area contributed by atoms with Gasteiger partial charge in [0.15, 0.2) is 0 Å². The van der Waals surface area contributed by atoms with Crippen molar-refractivity contribution >= 4 is 0 Å². The molecule has 0 unspecified atom stereocenters. The molecule has 0 bridgehead atoms. The summed E-state index contributed by atoms with van der Waals surface area (Å²) in [5.41, 5.74) is 2.30. The minimum absolute atomic E-state index is 0.512. The number of hydrogen-bond donors (Lipinski definition) is 1. The van der Waals surface area contributed by atoms with E-state index in [4.69, 9.17) is 0 Å². The predicted molar refractivity (Wildman–Crippen MR) is 74.4 cm³/mol. The van der Waals surface area contributed by atoms with Crippen LogP contribution >= 0.6 is 0 Å². The molecular formula is C16H26O. The Kier molecular flexibility index (Phi) is 5.20. The van der Waals surface area contributed by atoms with Gasteiger partial charge in [0.2, 0.25) is 0 Å². The smallest absolute Gasteiger partial charge is 0.0591 e. The van der Waals surface area contributed by atoms with E-state index in [1.807, 2.05) is 13.8 Å². The monoisotopic (exact) mass is 234 g/mol. The Morgan fingerprint density at radius 2 is 1.65 bits per heavy atom. The van der Waals surface area contributed by atoms with Gasteiger partial charge >= 0.3 is 0 Å². The molecule has 1 N–H and O–H groups in total. The van der Waals surface area contributed by atoms with Gasteiger partial charge in [-0.15, -0.1) is 0 Å². The van der Waals surface area contributed by atoms with E-state index in [-0.39, 0.29) is 0 Å². The first-order valence-electron chi connectivity index (χ1n) is 6.70. The Labute approximate surface area is 106 Å². The molecule has 1 nitrogen and oxygen atoms in total. The Morgan fingerprint density at radius 1 is 1.06 bits per heavy atom. The fourth-order valence-electron chi connectivity index (χ4n) is 1.96. The molecule has 0 aromatic heterocycles. The molecule has 1 aromatic carbocycles. The fourth-order valence-corrected chi connectivity index (χ4v) is 1.96. The van der Waals surface area contributed by atoms with Crippen LogP contribution in [0, 0.1) is 0 Å². The Balaban J connectivity index is 2.33. The number of rotatable bonds is 6. The quantitative estimate of drug-likeness (QED) is 0.728. The van der Waals surface area contributed by atoms with Crippen LogP contribution in [0.25, 0.3) is 0 Å². The highest BCUT2D eigenvalue weighted by molar-refractivity contribution is 5.24. The van der Waals surface area contributed by atoms with E-state index in [1.54, 1.807) is 0 Å². The summed E-state index contributed by atoms with van der Waals surface area (Å²) >= 11 is 0. The van der Waals surface area contributed by atoms with E-state index in [2.05, 4.69) is 38.1 Å². The second kappa shape index (κ2) is 6.20. The van der Waals surface area contributed by atoms with Gasteiger partial charge in [0.25, 0.3) is 0 Å². The van der Waals surface area contributed by atoms with Crippen molar-refractivity contribution in [3.05, 3.63) is 35.4 Å². The van der Waals surface area contributed by atoms with Crippen LogP contribution in [0.5, 0.6) is 0 Å². The first-order chi connectivity index (χ1) is 7.88. The van der Waals surface area contributed by atoms with Crippen LogP contribution in [-0.2, 0) is 6.42 Å². The van der Waals surface area contributed by atoms with Crippen LogP contribution in [0.3, 0.4) is 0 Å². The van der Waals surface area contributed by atoms with Gasteiger partial charge in [0.1, 0.15) is 0 Å². The number of hydrogen-bond acceptors (Lipinski definition) is 1. The lowest BCUT2D eigenvalue weighted by Crippen LogP contribution is -2.17. The molecule has 1 rings (SSSR count). The summed E-state index contributed by atoms with van der Waals surface area (Å²) in [6, 6.07) is 8.94. The van der Waals surface area contributed by atoms with Crippen molar-refractivity contribution in [1.82, 2.24) is 0 Å². The lowest BCUT2D eigenvalue weighted by Gasteiger charge is -2.16. The minimum atomic E-state index is -0.512. The minimum Gasteiger partial charge on any atom is -0.390 e. The second-order valence-corrected chi connectivity index (χ2v) is 5.92. The topological polar surface area (TPSA) is 20.2 Å². The number of unbranched alkanes of at least 4 members (excludes halogenated alkanes) is 1. The summed E-state index contributed by atoms with van der Waals surface area (Å²) in [6.45, 7) is 8.20. The van der Waals surface area contributed by atoms with Gasteiger partial charge in [-0.2, -0.15) is 0 Å². The molecule has 0 aliphatic carbocycles. The maximum absolute atomic E-state index is 9.61. The maximum atomic E-state index is 9.61. The van der Waals surface area contributed by atoms with Crippen LogP contribution in [0.1, 0.15) is 64.0 Å². The van der Waals surface area contributed by atoms with E-state index in [0.29, 0.717) is 5.92 Å². The zero-order valence-electron chi connectivity index (χ0n) is 11.7. The van der Waals surface area contributed by atoms with E-state index < -0.39 is 5.60 Å². The maximum Gasteiger partial charge on any atom is 0.0591 e. The third kappa shape index (κ3) is 5.88. The van der Waals surface area contributed by atoms with Crippen molar-refractivity contribution in [3.8, 4) is 0 Å². The zero-order chi connectivity index (χ0) is 12.9. The molecule has 0 aliphatic heterocycles. The average Bonchev–Trinajstić information content (AvgIpc) is 2.24. The summed E-state index contributed by atoms with van der Waals surface area (Å²) in [5, 5.41) is 9.61. The normalized spacial score (nSPS) is 12.1. The van der Waals surface area contributed by atoms with Gasteiger partial charge in [-0.05, 0) is 50.2 Å². The van der Waals surface area contributed by atoms with Gasteiger partial charge < -0.3 is 5.11 Å². The molecule has 0 amide bonds. The summed E-state index contributed by atoms with van der Waals surface area (Å²) in [7, 11) is 0. The van der Waals surface area contributed by atoms with Gasteiger partial charge in [-0.3, -0.25) is 0 Å². The molecule has 0 atom stereocenters. The van der Waals surface area contributed by atoms with E-state index in [9.17, 15) is 5.11 Å². The predicted octanol–water partition coefficient (Wildman–Crippen LogP) is 4.29. The lowest BCUT2D eigenvalue weighted by atomic mass is 9.97. The highest BCUT2D eigenvalue weighted by atomic mass is 16.3. The van der Waals surface area contributed by atoms with Crippen molar-refractivity contribution in [2.45, 2.75) is 64.9 Å². The molecule has 1 heteroatoms. The van der Waals surface area contributed by atoms with Crippen LogP contribution in [0.15, 0.2) is 24.3 Å². The van der Waals surface area contributed by atoms with Crippen molar-refractivity contribution in [2.75, 3.05) is 0 Å². The molecular weight excluding hydrogens is 208 g/mol. The zero-order valence-corrected chi connectivity index (χ0v) is 11.7. The molecule has 0 saturated carbocycles. The van der Waals surface area contributed by atoms with Crippen molar-refractivity contribution < 1.29 is 5.11 Å². The third-order valence-corrected chi connectivity index (χ3v) is 3.15. The van der Waals surface area contributed by atoms with Crippen LogP contribution in [0.4, 0.5) is 0 Å². The van der Waals surface area contributed by atoms with Crippen LogP contribution in [0.2, 0.25) is 0 Å². The number of benzene rings is 1. The van der Waals surface area contributed by atoms with Gasteiger partial charge in [0, 0.05) is 0 Å². The van der Waals surface area contributed by atoms with Gasteiger partial charge in [-0.1, -0.05) is 44.5 Å². The fraction of sp³-hybridized carbons (Fsp3) is 0.625. The van der Waals surface area contributed by atoms with Crippen LogP contribution < -0.4 is 0 Å². The van der Waals surface area contributed by atoms with Crippen molar-refractivity contribution in [2.24, 2.45) is 0 Å². The molecule has 96 valence electrons. The number of aryl methyl sites for hydroxylation is 1. The van der Waals surface area contributed by atoms with E-state index in [1.165, 1.54) is 11.1 Å². The standard InChI is InChI=1S/C16H26O/c1-13(2)15-10-8-14(9-11-15)7-5-6-12-16(3,4)17/h8-11,13,17H,5-7,12H2,1-4H3. The third-order valence-electron chi connectivity index (χ3n) is 3.15. The Morgan fingerprint density at radius 3 is 2.12 bits per heavy atom. The SMILES string of the molecule is CC(C)c1ccc(CCCCC(C)(C)O)cc1. The molecule has 0 fully saturated rings. The summed E-state index contributed by atoms with van der Waals surface area (Å²) in [5.74, 6) is 0.610. The highest BCUT2D eigenvalue weighted by Gasteiger charge is 2.10. The average molecular weight is 234 g/mol. The van der Waals surface area contributed by atoms with E-state index >= 15 is 0 Å². The molecule has 0 saturated heterocycles. The molecule has 0 spiro atoms. The van der Waals surface area contributed by atoms with Crippen molar-refractivity contribution in [3.63, 3.8) is 0 Å². The summed E-state index contributed by atoms with van der Waals surface area (Å²) in [6.07, 6.45) is 4.26. The summed E-state index contributed by atoms with van der Waals surface area (Å²) in [4.78, 5) is 0. The highest BCUT2D eigenvalue weighted by Crippen LogP contribution is 2.17. The van der Waals surface area contributed by atoms with E-state index in [0.717, 1.165) is 25.7 Å². The molecule has 17 heavy (non-hydrogen) atoms.